The summed E-state index contributed by atoms with van der Waals surface area (Å²) >= 11 is 0. The molecule has 118 valence electrons. The second kappa shape index (κ2) is 4.95. The molecule has 2 aromatic heterocycles. The first kappa shape index (κ1) is 14.8. The van der Waals surface area contributed by atoms with Gasteiger partial charge in [-0.05, 0) is 32.3 Å². The minimum absolute atomic E-state index is 0.266. The number of aliphatic hydroxyl groups is 1. The van der Waals surface area contributed by atoms with Gasteiger partial charge in [0.25, 0.3) is 5.82 Å². The second-order valence-corrected chi connectivity index (χ2v) is 6.52. The van der Waals surface area contributed by atoms with Crippen LogP contribution in [0.5, 0.6) is 0 Å². The molecule has 7 heteroatoms. The molecule has 1 fully saturated rings. The Bertz CT molecular complexity index is 732. The van der Waals surface area contributed by atoms with Crippen molar-refractivity contribution in [2.24, 2.45) is 5.92 Å². The zero-order valence-corrected chi connectivity index (χ0v) is 12.9. The van der Waals surface area contributed by atoms with Crippen molar-refractivity contribution in [1.82, 2.24) is 14.6 Å². The highest BCUT2D eigenvalue weighted by Crippen LogP contribution is 2.30. The maximum atomic E-state index is 11.1. The van der Waals surface area contributed by atoms with Crippen LogP contribution in [0.4, 0.5) is 5.69 Å². The van der Waals surface area contributed by atoms with Crippen LogP contribution < -0.4 is 4.90 Å². The number of nitrogens with zero attached hydrogens (tertiary/aromatic N) is 4. The maximum Gasteiger partial charge on any atom is 0.375 e. The maximum absolute atomic E-state index is 11.1. The van der Waals surface area contributed by atoms with Crippen LogP contribution >= 0.6 is 0 Å². The van der Waals surface area contributed by atoms with Gasteiger partial charge >= 0.3 is 5.97 Å². The molecule has 1 atom stereocenters. The number of fused-ring (bicyclic) bond motifs is 1. The number of rotatable bonds is 3. The normalized spacial score (nSPS) is 19.1. The van der Waals surface area contributed by atoms with Crippen molar-refractivity contribution < 1.29 is 15.0 Å². The molecule has 0 bridgehead atoms. The van der Waals surface area contributed by atoms with E-state index in [4.69, 9.17) is 5.11 Å². The van der Waals surface area contributed by atoms with E-state index in [0.717, 1.165) is 25.2 Å². The molecular formula is C15H20N4O3. The minimum atomic E-state index is -1.18. The summed E-state index contributed by atoms with van der Waals surface area (Å²) in [6.45, 7) is 7.41. The Morgan fingerprint density at radius 2 is 2.18 bits per heavy atom. The zero-order valence-electron chi connectivity index (χ0n) is 12.9. The molecule has 0 aromatic carbocycles. The summed E-state index contributed by atoms with van der Waals surface area (Å²) in [6.07, 6.45) is 2.90. The van der Waals surface area contributed by atoms with E-state index in [1.54, 1.807) is 20.0 Å². The van der Waals surface area contributed by atoms with Gasteiger partial charge in [-0.3, -0.25) is 0 Å². The molecule has 2 N–H and O–H groups in total. The molecule has 1 unspecified atom stereocenters. The summed E-state index contributed by atoms with van der Waals surface area (Å²) in [7, 11) is 0. The van der Waals surface area contributed by atoms with Gasteiger partial charge in [0.1, 0.15) is 0 Å². The first-order valence-corrected chi connectivity index (χ1v) is 7.37. The van der Waals surface area contributed by atoms with Gasteiger partial charge in [0.15, 0.2) is 5.65 Å². The Morgan fingerprint density at radius 1 is 1.45 bits per heavy atom. The molecule has 0 amide bonds. The Hall–Kier alpha value is -2.15. The number of carboxylic acid groups (broad SMARTS) is 1. The largest absolute Gasteiger partial charge is 0.475 e. The van der Waals surface area contributed by atoms with Crippen LogP contribution in [0.3, 0.4) is 0 Å². The van der Waals surface area contributed by atoms with Crippen LogP contribution in [0.15, 0.2) is 12.3 Å². The van der Waals surface area contributed by atoms with E-state index in [9.17, 15) is 9.90 Å². The highest BCUT2D eigenvalue weighted by atomic mass is 16.4. The lowest BCUT2D eigenvalue weighted by Crippen LogP contribution is -2.22. The number of aromatic carboxylic acids is 1. The topological polar surface area (TPSA) is 91.0 Å². The predicted octanol–water partition coefficient (Wildman–Crippen LogP) is 1.50. The Morgan fingerprint density at radius 3 is 2.73 bits per heavy atom. The summed E-state index contributed by atoms with van der Waals surface area (Å²) in [5.41, 5.74) is 0.743. The predicted molar refractivity (Wildman–Crippen MR) is 81.2 cm³/mol. The van der Waals surface area contributed by atoms with Crippen LogP contribution in [0.1, 0.15) is 43.4 Å². The Kier molecular flexibility index (Phi) is 3.32. The van der Waals surface area contributed by atoms with Gasteiger partial charge in [-0.2, -0.15) is 0 Å². The zero-order chi connectivity index (χ0) is 16.1. The number of hydrogen-bond acceptors (Lipinski definition) is 5. The quantitative estimate of drug-likeness (QED) is 0.893. The number of pyridine rings is 1. The first-order chi connectivity index (χ1) is 10.3. The smallest absolute Gasteiger partial charge is 0.375 e. The molecule has 7 nitrogen and oxygen atoms in total. The summed E-state index contributed by atoms with van der Waals surface area (Å²) in [5, 5.41) is 23.5. The van der Waals surface area contributed by atoms with Crippen molar-refractivity contribution >= 4 is 17.3 Å². The van der Waals surface area contributed by atoms with Gasteiger partial charge in [0, 0.05) is 18.7 Å². The van der Waals surface area contributed by atoms with Crippen LogP contribution in [-0.4, -0.2) is 43.9 Å². The first-order valence-electron chi connectivity index (χ1n) is 7.37. The third kappa shape index (κ3) is 2.52. The van der Waals surface area contributed by atoms with E-state index >= 15 is 0 Å². The third-order valence-electron chi connectivity index (χ3n) is 4.06. The van der Waals surface area contributed by atoms with Crippen LogP contribution in [0.25, 0.3) is 5.65 Å². The lowest BCUT2D eigenvalue weighted by Gasteiger charge is -2.23. The molecular weight excluding hydrogens is 284 g/mol. The molecule has 22 heavy (non-hydrogen) atoms. The summed E-state index contributed by atoms with van der Waals surface area (Å²) in [5.74, 6) is -0.828. The van der Waals surface area contributed by atoms with Crippen molar-refractivity contribution in [2.75, 3.05) is 18.0 Å². The van der Waals surface area contributed by atoms with E-state index in [1.807, 2.05) is 6.07 Å². The average Bonchev–Trinajstić information content (AvgIpc) is 3.01. The number of hydrogen-bond donors (Lipinski definition) is 2. The van der Waals surface area contributed by atoms with Crippen LogP contribution in [0.2, 0.25) is 0 Å². The van der Waals surface area contributed by atoms with Crippen molar-refractivity contribution in [1.29, 1.82) is 0 Å². The molecule has 0 aliphatic carbocycles. The van der Waals surface area contributed by atoms with Crippen molar-refractivity contribution in [2.45, 2.75) is 32.8 Å². The molecule has 0 saturated carbocycles. The molecule has 0 radical (unpaired) electrons. The van der Waals surface area contributed by atoms with E-state index in [2.05, 4.69) is 21.9 Å². The Balaban J connectivity index is 2.17. The van der Waals surface area contributed by atoms with Gasteiger partial charge in [-0.15, -0.1) is 5.10 Å². The number of anilines is 1. The van der Waals surface area contributed by atoms with Crippen molar-refractivity contribution in [3.05, 3.63) is 23.7 Å². The van der Waals surface area contributed by atoms with E-state index in [1.165, 1.54) is 4.52 Å². The van der Waals surface area contributed by atoms with E-state index < -0.39 is 11.6 Å². The summed E-state index contributed by atoms with van der Waals surface area (Å²) in [6, 6.07) is 1.88. The number of carboxylic acids is 1. The van der Waals surface area contributed by atoms with E-state index in [-0.39, 0.29) is 5.82 Å². The van der Waals surface area contributed by atoms with Crippen molar-refractivity contribution in [3.8, 4) is 0 Å². The Labute approximate surface area is 128 Å². The lowest BCUT2D eigenvalue weighted by molar-refractivity contribution is 0.0682. The molecule has 3 rings (SSSR count). The highest BCUT2D eigenvalue weighted by Gasteiger charge is 2.27. The fourth-order valence-corrected chi connectivity index (χ4v) is 2.86. The van der Waals surface area contributed by atoms with Gasteiger partial charge in [-0.1, -0.05) is 6.92 Å². The molecule has 0 spiro atoms. The van der Waals surface area contributed by atoms with Gasteiger partial charge in [0.2, 0.25) is 0 Å². The third-order valence-corrected chi connectivity index (χ3v) is 4.06. The molecule has 1 aliphatic heterocycles. The highest BCUT2D eigenvalue weighted by molar-refractivity contribution is 5.84. The van der Waals surface area contributed by atoms with Gasteiger partial charge in [-0.25, -0.2) is 14.3 Å². The summed E-state index contributed by atoms with van der Waals surface area (Å²) in [4.78, 5) is 17.4. The summed E-state index contributed by atoms with van der Waals surface area (Å²) < 4.78 is 1.45. The molecule has 1 aliphatic rings. The molecule has 3 heterocycles. The van der Waals surface area contributed by atoms with Gasteiger partial charge < -0.3 is 15.1 Å². The minimum Gasteiger partial charge on any atom is -0.475 e. The molecule has 1 saturated heterocycles. The van der Waals surface area contributed by atoms with E-state index in [0.29, 0.717) is 17.1 Å². The monoisotopic (exact) mass is 304 g/mol. The fraction of sp³-hybridized carbons (Fsp3) is 0.533. The van der Waals surface area contributed by atoms with Crippen LogP contribution in [0, 0.1) is 5.92 Å². The fourth-order valence-electron chi connectivity index (χ4n) is 2.86. The van der Waals surface area contributed by atoms with Gasteiger partial charge in [0.05, 0.1) is 17.5 Å². The second-order valence-electron chi connectivity index (χ2n) is 6.52. The number of carbonyl (C=O) groups is 1. The molecule has 2 aromatic rings. The standard InChI is InChI=1S/C15H20N4O3/c1-9-4-5-18(7-9)10-6-11(15(2,3)22)13-16-12(14(20)21)17-19(13)8-10/h6,8-9,22H,4-5,7H2,1-3H3,(H,20,21). The SMILES string of the molecule is CC1CCN(c2cc(C(C)(C)O)c3nc(C(=O)O)nn3c2)C1. The number of aromatic nitrogens is 3. The van der Waals surface area contributed by atoms with Crippen molar-refractivity contribution in [3.63, 3.8) is 0 Å². The average molecular weight is 304 g/mol. The van der Waals surface area contributed by atoms with Crippen LogP contribution in [-0.2, 0) is 5.60 Å². The lowest BCUT2D eigenvalue weighted by atomic mass is 9.99.